The van der Waals surface area contributed by atoms with E-state index in [0.717, 1.165) is 12.1 Å². The minimum absolute atomic E-state index is 0.200. The second kappa shape index (κ2) is 7.33. The van der Waals surface area contributed by atoms with Crippen LogP contribution in [0.4, 0.5) is 13.2 Å². The molecule has 1 aromatic carbocycles. The lowest BCUT2D eigenvalue weighted by molar-refractivity contribution is -0.274. The lowest BCUT2D eigenvalue weighted by Gasteiger charge is -2.10. The van der Waals surface area contributed by atoms with Gasteiger partial charge in [0.05, 0.1) is 0 Å². The van der Waals surface area contributed by atoms with Crippen LogP contribution in [0.1, 0.15) is 26.3 Å². The van der Waals surface area contributed by atoms with E-state index in [9.17, 15) is 13.2 Å². The van der Waals surface area contributed by atoms with Gasteiger partial charge in [0.25, 0.3) is 0 Å². The van der Waals surface area contributed by atoms with Crippen LogP contribution in [0.3, 0.4) is 0 Å². The number of hydrogen-bond donors (Lipinski definition) is 1. The SMILES string of the molecule is C/C(=C\c1cccc(OC(F)(F)F)c1)CNCC(C)C. The predicted octanol–water partition coefficient (Wildman–Crippen LogP) is 4.23. The average Bonchev–Trinajstić information content (AvgIpc) is 2.26. The maximum atomic E-state index is 12.1. The monoisotopic (exact) mass is 287 g/mol. The second-order valence-corrected chi connectivity index (χ2v) is 5.14. The maximum Gasteiger partial charge on any atom is 0.573 e. The van der Waals surface area contributed by atoms with Crippen LogP contribution in [0, 0.1) is 5.92 Å². The average molecular weight is 287 g/mol. The molecule has 1 N–H and O–H groups in total. The minimum Gasteiger partial charge on any atom is -0.406 e. The fourth-order valence-corrected chi connectivity index (χ4v) is 1.70. The number of hydrogen-bond acceptors (Lipinski definition) is 2. The Hall–Kier alpha value is -1.49. The number of halogens is 3. The molecule has 0 aliphatic carbocycles. The molecule has 0 heterocycles. The molecule has 0 fully saturated rings. The number of nitrogens with one attached hydrogen (secondary N) is 1. The van der Waals surface area contributed by atoms with Crippen molar-refractivity contribution < 1.29 is 17.9 Å². The van der Waals surface area contributed by atoms with Crippen molar-refractivity contribution in [3.8, 4) is 5.75 Å². The molecule has 0 atom stereocenters. The van der Waals surface area contributed by atoms with Crippen LogP contribution in [0.15, 0.2) is 29.8 Å². The first kappa shape index (κ1) is 16.6. The summed E-state index contributed by atoms with van der Waals surface area (Å²) in [5.74, 6) is 0.362. The first-order chi connectivity index (χ1) is 9.26. The van der Waals surface area contributed by atoms with Crippen LogP contribution in [0.5, 0.6) is 5.75 Å². The van der Waals surface area contributed by atoms with Crippen LogP contribution >= 0.6 is 0 Å². The molecule has 5 heteroatoms. The van der Waals surface area contributed by atoms with E-state index in [1.807, 2.05) is 13.0 Å². The molecule has 0 aliphatic heterocycles. The Bertz CT molecular complexity index is 453. The van der Waals surface area contributed by atoms with Gasteiger partial charge in [-0.2, -0.15) is 0 Å². The van der Waals surface area contributed by atoms with Crippen molar-refractivity contribution in [3.63, 3.8) is 0 Å². The third kappa shape index (κ3) is 7.19. The molecule has 1 aromatic rings. The van der Waals surface area contributed by atoms with Gasteiger partial charge in [-0.25, -0.2) is 0 Å². The van der Waals surface area contributed by atoms with Crippen molar-refractivity contribution in [2.45, 2.75) is 27.1 Å². The minimum atomic E-state index is -4.66. The van der Waals surface area contributed by atoms with Gasteiger partial charge >= 0.3 is 6.36 Å². The number of benzene rings is 1. The number of alkyl halides is 3. The summed E-state index contributed by atoms with van der Waals surface area (Å²) >= 11 is 0. The molecule has 0 unspecified atom stereocenters. The van der Waals surface area contributed by atoms with Crippen LogP contribution in [0.2, 0.25) is 0 Å². The van der Waals surface area contributed by atoms with E-state index in [1.165, 1.54) is 12.1 Å². The first-order valence-electron chi connectivity index (χ1n) is 6.50. The molecule has 0 radical (unpaired) electrons. The van der Waals surface area contributed by atoms with Crippen LogP contribution in [0.25, 0.3) is 6.08 Å². The molecule has 0 bridgehead atoms. The highest BCUT2D eigenvalue weighted by Crippen LogP contribution is 2.24. The van der Waals surface area contributed by atoms with E-state index in [2.05, 4.69) is 23.9 Å². The lowest BCUT2D eigenvalue weighted by Crippen LogP contribution is -2.21. The van der Waals surface area contributed by atoms with E-state index in [1.54, 1.807) is 12.1 Å². The smallest absolute Gasteiger partial charge is 0.406 e. The molecular weight excluding hydrogens is 267 g/mol. The van der Waals surface area contributed by atoms with Gasteiger partial charge in [0, 0.05) is 6.54 Å². The van der Waals surface area contributed by atoms with Gasteiger partial charge in [0.2, 0.25) is 0 Å². The van der Waals surface area contributed by atoms with Gasteiger partial charge < -0.3 is 10.1 Å². The number of rotatable bonds is 6. The third-order valence-electron chi connectivity index (χ3n) is 2.46. The Labute approximate surface area is 117 Å². The molecule has 2 nitrogen and oxygen atoms in total. The fourth-order valence-electron chi connectivity index (χ4n) is 1.70. The largest absolute Gasteiger partial charge is 0.573 e. The standard InChI is InChI=1S/C15H20F3NO/c1-11(2)9-19-10-12(3)7-13-5-4-6-14(8-13)20-15(16,17)18/h4-8,11,19H,9-10H2,1-3H3/b12-7+. The molecule has 112 valence electrons. The lowest BCUT2D eigenvalue weighted by atomic mass is 10.1. The highest BCUT2D eigenvalue weighted by atomic mass is 19.4. The van der Waals surface area contributed by atoms with Gasteiger partial charge in [0.15, 0.2) is 0 Å². The molecule has 0 saturated carbocycles. The maximum absolute atomic E-state index is 12.1. The Balaban J connectivity index is 2.64. The van der Waals surface area contributed by atoms with Crippen molar-refractivity contribution in [1.29, 1.82) is 0 Å². The highest BCUT2D eigenvalue weighted by molar-refractivity contribution is 5.54. The van der Waals surface area contributed by atoms with E-state index in [-0.39, 0.29) is 5.75 Å². The zero-order valence-electron chi connectivity index (χ0n) is 11.9. The first-order valence-corrected chi connectivity index (χ1v) is 6.50. The molecule has 0 aromatic heterocycles. The van der Waals surface area contributed by atoms with Crippen molar-refractivity contribution in [3.05, 3.63) is 35.4 Å². The summed E-state index contributed by atoms with van der Waals surface area (Å²) in [5, 5.41) is 3.28. The summed E-state index contributed by atoms with van der Waals surface area (Å²) in [7, 11) is 0. The zero-order chi connectivity index (χ0) is 15.2. The van der Waals surface area contributed by atoms with Crippen molar-refractivity contribution in [2.75, 3.05) is 13.1 Å². The van der Waals surface area contributed by atoms with Gasteiger partial charge in [-0.3, -0.25) is 0 Å². The zero-order valence-corrected chi connectivity index (χ0v) is 11.9. The van der Waals surface area contributed by atoms with Gasteiger partial charge in [-0.15, -0.1) is 13.2 Å². The predicted molar refractivity (Wildman–Crippen MR) is 74.5 cm³/mol. The fraction of sp³-hybridized carbons (Fsp3) is 0.467. The summed E-state index contributed by atoms with van der Waals surface area (Å²) in [6.07, 6.45) is -2.81. The summed E-state index contributed by atoms with van der Waals surface area (Å²) in [4.78, 5) is 0. The quantitative estimate of drug-likeness (QED) is 0.845. The molecular formula is C15H20F3NO. The topological polar surface area (TPSA) is 21.3 Å². The highest BCUT2D eigenvalue weighted by Gasteiger charge is 2.30. The second-order valence-electron chi connectivity index (χ2n) is 5.14. The van der Waals surface area contributed by atoms with Crippen molar-refractivity contribution in [2.24, 2.45) is 5.92 Å². The summed E-state index contributed by atoms with van der Waals surface area (Å²) in [6, 6.07) is 5.95. The van der Waals surface area contributed by atoms with Crippen LogP contribution < -0.4 is 10.1 Å². The Morgan fingerprint density at radius 3 is 2.65 bits per heavy atom. The van der Waals surface area contributed by atoms with E-state index < -0.39 is 6.36 Å². The third-order valence-corrected chi connectivity index (χ3v) is 2.46. The van der Waals surface area contributed by atoms with E-state index in [4.69, 9.17) is 0 Å². The number of ether oxygens (including phenoxy) is 1. The summed E-state index contributed by atoms with van der Waals surface area (Å²) < 4.78 is 40.3. The van der Waals surface area contributed by atoms with Gasteiger partial charge in [-0.1, -0.05) is 37.6 Å². The van der Waals surface area contributed by atoms with Crippen LogP contribution in [-0.4, -0.2) is 19.5 Å². The van der Waals surface area contributed by atoms with Crippen molar-refractivity contribution in [1.82, 2.24) is 5.32 Å². The normalized spacial score (nSPS) is 12.8. The molecule has 0 saturated heterocycles. The molecule has 20 heavy (non-hydrogen) atoms. The van der Waals surface area contributed by atoms with E-state index >= 15 is 0 Å². The van der Waals surface area contributed by atoms with Crippen molar-refractivity contribution >= 4 is 6.08 Å². The molecule has 0 aliphatic rings. The van der Waals surface area contributed by atoms with Crippen LogP contribution in [-0.2, 0) is 0 Å². The van der Waals surface area contributed by atoms with Gasteiger partial charge in [-0.05, 0) is 37.1 Å². The summed E-state index contributed by atoms with van der Waals surface area (Å²) in [5.41, 5.74) is 1.74. The van der Waals surface area contributed by atoms with Gasteiger partial charge in [0.1, 0.15) is 5.75 Å². The van der Waals surface area contributed by atoms with E-state index in [0.29, 0.717) is 18.0 Å². The molecule has 0 spiro atoms. The molecule has 1 rings (SSSR count). The Kier molecular flexibility index (Phi) is 6.07. The molecule has 0 amide bonds. The summed E-state index contributed by atoms with van der Waals surface area (Å²) in [6.45, 7) is 7.78. The Morgan fingerprint density at radius 2 is 2.05 bits per heavy atom. The Morgan fingerprint density at radius 1 is 1.35 bits per heavy atom.